The summed E-state index contributed by atoms with van der Waals surface area (Å²) in [7, 11) is 0. The Morgan fingerprint density at radius 3 is 2.79 bits per heavy atom. The predicted molar refractivity (Wildman–Crippen MR) is 76.1 cm³/mol. The van der Waals surface area contributed by atoms with E-state index in [4.69, 9.17) is 16.3 Å². The maximum absolute atomic E-state index is 13.3. The third-order valence-electron chi connectivity index (χ3n) is 3.43. The monoisotopic (exact) mass is 280 g/mol. The van der Waals surface area contributed by atoms with Crippen molar-refractivity contribution in [3.05, 3.63) is 29.6 Å². The first kappa shape index (κ1) is 14.2. The van der Waals surface area contributed by atoms with E-state index in [0.29, 0.717) is 23.8 Å². The van der Waals surface area contributed by atoms with E-state index in [1.54, 1.807) is 6.07 Å². The van der Waals surface area contributed by atoms with Crippen LogP contribution in [0.1, 0.15) is 37.7 Å². The zero-order valence-corrected chi connectivity index (χ0v) is 11.7. The molecule has 1 nitrogen and oxygen atoms in total. The van der Waals surface area contributed by atoms with E-state index < -0.39 is 0 Å². The van der Waals surface area contributed by atoms with E-state index in [0.717, 1.165) is 0 Å². The molecule has 0 aliphatic heterocycles. The molecule has 19 heavy (non-hydrogen) atoms. The Balaban J connectivity index is 2.02. The standard InChI is InChI=1S/C16H18ClFO/c17-10-4-7-14-8-9-15(18)11-16(14)19-12-13-5-2-1-3-6-13/h8-9,11,13H,1-3,5-6,10,12H2. The van der Waals surface area contributed by atoms with Crippen molar-refractivity contribution in [2.75, 3.05) is 12.5 Å². The van der Waals surface area contributed by atoms with Gasteiger partial charge >= 0.3 is 0 Å². The molecular weight excluding hydrogens is 263 g/mol. The van der Waals surface area contributed by atoms with Gasteiger partial charge in [0.15, 0.2) is 0 Å². The van der Waals surface area contributed by atoms with Crippen molar-refractivity contribution in [1.29, 1.82) is 0 Å². The Morgan fingerprint density at radius 1 is 1.26 bits per heavy atom. The minimum Gasteiger partial charge on any atom is -0.492 e. The fourth-order valence-corrected chi connectivity index (χ4v) is 2.48. The Kier molecular flexibility index (Phi) is 5.54. The molecule has 1 aliphatic rings. The molecule has 0 unspecified atom stereocenters. The molecule has 1 fully saturated rings. The lowest BCUT2D eigenvalue weighted by Crippen LogP contribution is -2.15. The molecule has 0 amide bonds. The van der Waals surface area contributed by atoms with Gasteiger partial charge in [0.2, 0.25) is 0 Å². The van der Waals surface area contributed by atoms with Crippen LogP contribution in [0.3, 0.4) is 0 Å². The van der Waals surface area contributed by atoms with Crippen LogP contribution in [0.5, 0.6) is 5.75 Å². The SMILES string of the molecule is Fc1ccc(C#CCCl)c(OCC2CCCCC2)c1. The molecule has 1 aromatic rings. The molecule has 3 heteroatoms. The summed E-state index contributed by atoms with van der Waals surface area (Å²) in [5.74, 6) is 6.77. The highest BCUT2D eigenvalue weighted by molar-refractivity contribution is 6.19. The van der Waals surface area contributed by atoms with Crippen molar-refractivity contribution in [1.82, 2.24) is 0 Å². The van der Waals surface area contributed by atoms with E-state index in [2.05, 4.69) is 11.8 Å². The summed E-state index contributed by atoms with van der Waals surface area (Å²) in [6, 6.07) is 4.44. The van der Waals surface area contributed by atoms with Crippen molar-refractivity contribution in [3.63, 3.8) is 0 Å². The van der Waals surface area contributed by atoms with Crippen LogP contribution in [-0.2, 0) is 0 Å². The zero-order valence-electron chi connectivity index (χ0n) is 10.9. The average molecular weight is 281 g/mol. The largest absolute Gasteiger partial charge is 0.492 e. The molecule has 1 saturated carbocycles. The van der Waals surface area contributed by atoms with Gasteiger partial charge in [0.05, 0.1) is 18.1 Å². The molecule has 0 saturated heterocycles. The predicted octanol–water partition coefficient (Wildman–Crippen LogP) is 4.38. The summed E-state index contributed by atoms with van der Waals surface area (Å²) in [4.78, 5) is 0. The van der Waals surface area contributed by atoms with E-state index in [1.165, 1.54) is 44.2 Å². The topological polar surface area (TPSA) is 9.23 Å². The molecule has 1 aliphatic carbocycles. The fraction of sp³-hybridized carbons (Fsp3) is 0.500. The van der Waals surface area contributed by atoms with Gasteiger partial charge in [-0.05, 0) is 30.9 Å². The van der Waals surface area contributed by atoms with E-state index in [9.17, 15) is 4.39 Å². The molecule has 1 aromatic carbocycles. The lowest BCUT2D eigenvalue weighted by atomic mass is 9.90. The number of rotatable bonds is 3. The van der Waals surface area contributed by atoms with E-state index in [1.807, 2.05) is 0 Å². The number of hydrogen-bond donors (Lipinski definition) is 0. The van der Waals surface area contributed by atoms with Gasteiger partial charge in [0, 0.05) is 6.07 Å². The van der Waals surface area contributed by atoms with Gasteiger partial charge in [0.1, 0.15) is 11.6 Å². The van der Waals surface area contributed by atoms with Crippen molar-refractivity contribution >= 4 is 11.6 Å². The zero-order chi connectivity index (χ0) is 13.5. The van der Waals surface area contributed by atoms with Crippen LogP contribution >= 0.6 is 11.6 Å². The summed E-state index contributed by atoms with van der Waals surface area (Å²) >= 11 is 5.55. The summed E-state index contributed by atoms with van der Waals surface area (Å²) in [6.07, 6.45) is 6.28. The van der Waals surface area contributed by atoms with E-state index >= 15 is 0 Å². The van der Waals surface area contributed by atoms with Crippen molar-refractivity contribution in [2.24, 2.45) is 5.92 Å². The molecule has 0 aromatic heterocycles. The molecule has 0 N–H and O–H groups in total. The summed E-state index contributed by atoms with van der Waals surface area (Å²) in [6.45, 7) is 0.652. The second-order valence-corrected chi connectivity index (χ2v) is 5.16. The smallest absolute Gasteiger partial charge is 0.137 e. The maximum Gasteiger partial charge on any atom is 0.137 e. The number of benzene rings is 1. The molecule has 0 bridgehead atoms. The lowest BCUT2D eigenvalue weighted by molar-refractivity contribution is 0.208. The first-order valence-electron chi connectivity index (χ1n) is 6.77. The molecule has 0 spiro atoms. The Morgan fingerprint density at radius 2 is 2.05 bits per heavy atom. The number of hydrogen-bond acceptors (Lipinski definition) is 1. The van der Waals surface area contributed by atoms with Gasteiger partial charge < -0.3 is 4.74 Å². The first-order chi connectivity index (χ1) is 9.29. The van der Waals surface area contributed by atoms with Crippen LogP contribution in [-0.4, -0.2) is 12.5 Å². The van der Waals surface area contributed by atoms with Crippen LogP contribution in [0.2, 0.25) is 0 Å². The van der Waals surface area contributed by atoms with E-state index in [-0.39, 0.29) is 11.7 Å². The summed E-state index contributed by atoms with van der Waals surface area (Å²) in [5.41, 5.74) is 0.706. The number of halogens is 2. The van der Waals surface area contributed by atoms with Crippen molar-refractivity contribution in [2.45, 2.75) is 32.1 Å². The average Bonchev–Trinajstić information content (AvgIpc) is 2.45. The Hall–Kier alpha value is -1.20. The molecule has 0 atom stereocenters. The number of alkyl halides is 1. The summed E-state index contributed by atoms with van der Waals surface area (Å²) < 4.78 is 19.0. The highest BCUT2D eigenvalue weighted by atomic mass is 35.5. The van der Waals surface area contributed by atoms with Gasteiger partial charge in [-0.3, -0.25) is 0 Å². The van der Waals surface area contributed by atoms with Crippen LogP contribution in [0, 0.1) is 23.6 Å². The molecule has 0 radical (unpaired) electrons. The number of ether oxygens (including phenoxy) is 1. The second-order valence-electron chi connectivity index (χ2n) is 4.89. The van der Waals surface area contributed by atoms with Crippen LogP contribution in [0.25, 0.3) is 0 Å². The molecular formula is C16H18ClFO. The van der Waals surface area contributed by atoms with Crippen molar-refractivity contribution in [3.8, 4) is 17.6 Å². The van der Waals surface area contributed by atoms with Gasteiger partial charge in [-0.1, -0.05) is 31.1 Å². The maximum atomic E-state index is 13.3. The lowest BCUT2D eigenvalue weighted by Gasteiger charge is -2.22. The highest BCUT2D eigenvalue weighted by Crippen LogP contribution is 2.26. The van der Waals surface area contributed by atoms with Gasteiger partial charge in [0.25, 0.3) is 0 Å². The minimum absolute atomic E-state index is 0.263. The Bertz CT molecular complexity index is 469. The summed E-state index contributed by atoms with van der Waals surface area (Å²) in [5, 5.41) is 0. The van der Waals surface area contributed by atoms with Crippen LogP contribution in [0.15, 0.2) is 18.2 Å². The van der Waals surface area contributed by atoms with Gasteiger partial charge in [-0.15, -0.1) is 11.6 Å². The second kappa shape index (κ2) is 7.40. The van der Waals surface area contributed by atoms with Gasteiger partial charge in [-0.25, -0.2) is 4.39 Å². The van der Waals surface area contributed by atoms with Crippen LogP contribution in [0.4, 0.5) is 4.39 Å². The molecule has 0 heterocycles. The highest BCUT2D eigenvalue weighted by Gasteiger charge is 2.14. The quantitative estimate of drug-likeness (QED) is 0.590. The minimum atomic E-state index is -0.296. The molecule has 2 rings (SSSR count). The third-order valence-corrected chi connectivity index (χ3v) is 3.57. The third kappa shape index (κ3) is 4.44. The van der Waals surface area contributed by atoms with Crippen molar-refractivity contribution < 1.29 is 9.13 Å². The fourth-order valence-electron chi connectivity index (χ4n) is 2.41. The normalized spacial score (nSPS) is 15.7. The first-order valence-corrected chi connectivity index (χ1v) is 7.30. The Labute approximate surface area is 119 Å². The molecule has 102 valence electrons. The van der Waals surface area contributed by atoms with Gasteiger partial charge in [-0.2, -0.15) is 0 Å². The van der Waals surface area contributed by atoms with Crippen LogP contribution < -0.4 is 4.74 Å².